The first kappa shape index (κ1) is 14.9. The van der Waals surface area contributed by atoms with Crippen LogP contribution in [0.2, 0.25) is 0 Å². The average molecular weight is 333 g/mol. The summed E-state index contributed by atoms with van der Waals surface area (Å²) < 4.78 is 39.9. The molecule has 21 heavy (non-hydrogen) atoms. The Kier molecular flexibility index (Phi) is 3.38. The number of aromatic carboxylic acids is 1. The van der Waals surface area contributed by atoms with Gasteiger partial charge in [0.15, 0.2) is 0 Å². The molecule has 1 aromatic heterocycles. The van der Waals surface area contributed by atoms with Crippen LogP contribution in [0, 0.1) is 18.3 Å². The van der Waals surface area contributed by atoms with E-state index in [-0.39, 0.29) is 22.2 Å². The topological polar surface area (TPSA) is 74.7 Å². The van der Waals surface area contributed by atoms with Crippen LogP contribution in [0.3, 0.4) is 0 Å². The zero-order chi connectivity index (χ0) is 15.4. The summed E-state index contributed by atoms with van der Waals surface area (Å²) in [7, 11) is -3.74. The lowest BCUT2D eigenvalue weighted by molar-refractivity contribution is 0.0524. The summed E-state index contributed by atoms with van der Waals surface area (Å²) in [6.07, 6.45) is 1.59. The van der Waals surface area contributed by atoms with Gasteiger partial charge in [-0.05, 0) is 31.7 Å². The van der Waals surface area contributed by atoms with Crippen LogP contribution in [-0.2, 0) is 10.0 Å². The van der Waals surface area contributed by atoms with Gasteiger partial charge in [0, 0.05) is 23.4 Å². The quantitative estimate of drug-likeness (QED) is 0.916. The molecule has 0 spiro atoms. The molecule has 3 rings (SSSR count). The van der Waals surface area contributed by atoms with E-state index in [9.17, 15) is 17.6 Å². The number of carboxylic acids is 1. The Hall–Kier alpha value is -0.990. The number of carbonyl (C=O) groups is 1. The van der Waals surface area contributed by atoms with E-state index in [1.54, 1.807) is 6.92 Å². The van der Waals surface area contributed by atoms with Crippen molar-refractivity contribution in [3.05, 3.63) is 15.8 Å². The molecule has 0 amide bonds. The maximum atomic E-state index is 13.2. The molecule has 1 N–H and O–H groups in total. The number of hydrogen-bond acceptors (Lipinski definition) is 4. The summed E-state index contributed by atoms with van der Waals surface area (Å²) >= 11 is 0.951. The van der Waals surface area contributed by atoms with Gasteiger partial charge in [0.05, 0.1) is 11.6 Å². The molecule has 5 nitrogen and oxygen atoms in total. The Bertz CT molecular complexity index is 695. The van der Waals surface area contributed by atoms with Crippen LogP contribution in [0.1, 0.15) is 27.4 Å². The third-order valence-corrected chi connectivity index (χ3v) is 7.84. The molecule has 8 heteroatoms. The predicted molar refractivity (Wildman–Crippen MR) is 75.9 cm³/mol. The lowest BCUT2D eigenvalue weighted by Crippen LogP contribution is -2.41. The van der Waals surface area contributed by atoms with Gasteiger partial charge in [0.25, 0.3) is 0 Å². The van der Waals surface area contributed by atoms with Gasteiger partial charge in [-0.3, -0.25) is 4.39 Å². The van der Waals surface area contributed by atoms with E-state index in [1.165, 1.54) is 10.4 Å². The van der Waals surface area contributed by atoms with Gasteiger partial charge in [-0.25, -0.2) is 13.2 Å². The second-order valence-electron chi connectivity index (χ2n) is 5.87. The van der Waals surface area contributed by atoms with Crippen molar-refractivity contribution in [3.8, 4) is 0 Å². The Balaban J connectivity index is 1.93. The number of hydrogen-bond donors (Lipinski definition) is 1. The highest BCUT2D eigenvalue weighted by atomic mass is 32.2. The molecule has 2 fully saturated rings. The van der Waals surface area contributed by atoms with E-state index < -0.39 is 28.1 Å². The molecular weight excluding hydrogens is 317 g/mol. The summed E-state index contributed by atoms with van der Waals surface area (Å²) in [5.74, 6) is -1.04. The van der Waals surface area contributed by atoms with Crippen LogP contribution >= 0.6 is 11.3 Å². The van der Waals surface area contributed by atoms with Crippen molar-refractivity contribution in [2.75, 3.05) is 19.8 Å². The molecule has 2 atom stereocenters. The molecule has 116 valence electrons. The number of thiophene rings is 1. The molecule has 0 radical (unpaired) electrons. The van der Waals surface area contributed by atoms with Crippen LogP contribution in [0.5, 0.6) is 0 Å². The smallest absolute Gasteiger partial charge is 0.345 e. The average Bonchev–Trinajstić information content (AvgIpc) is 2.90. The third kappa shape index (κ3) is 2.11. The van der Waals surface area contributed by atoms with Gasteiger partial charge >= 0.3 is 5.97 Å². The number of carboxylic acid groups (broad SMARTS) is 1. The monoisotopic (exact) mass is 333 g/mol. The largest absolute Gasteiger partial charge is 0.477 e. The summed E-state index contributed by atoms with van der Waals surface area (Å²) in [5.41, 5.74) is -0.507. The maximum absolute atomic E-state index is 13.2. The van der Waals surface area contributed by atoms with E-state index >= 15 is 0 Å². The minimum Gasteiger partial charge on any atom is -0.477 e. The van der Waals surface area contributed by atoms with Crippen molar-refractivity contribution in [3.63, 3.8) is 0 Å². The number of sulfonamides is 1. The van der Waals surface area contributed by atoms with Crippen LogP contribution in [0.15, 0.2) is 11.0 Å². The highest BCUT2D eigenvalue weighted by Crippen LogP contribution is 2.53. The molecule has 1 aromatic rings. The summed E-state index contributed by atoms with van der Waals surface area (Å²) in [4.78, 5) is 11.5. The van der Waals surface area contributed by atoms with E-state index in [4.69, 9.17) is 5.11 Å². The number of rotatable bonds is 4. The lowest BCUT2D eigenvalue weighted by Gasteiger charge is -2.41. The minimum atomic E-state index is -3.74. The first-order valence-electron chi connectivity index (χ1n) is 6.70. The number of aryl methyl sites for hydroxylation is 1. The second kappa shape index (κ2) is 4.76. The second-order valence-corrected chi connectivity index (χ2v) is 9.03. The molecule has 1 aliphatic heterocycles. The van der Waals surface area contributed by atoms with Crippen molar-refractivity contribution in [1.82, 2.24) is 4.31 Å². The van der Waals surface area contributed by atoms with Gasteiger partial charge in [0.2, 0.25) is 10.0 Å². The first-order chi connectivity index (χ1) is 9.80. The summed E-state index contributed by atoms with van der Waals surface area (Å²) in [6.45, 7) is 1.64. The molecular formula is C13H16FNO4S2. The van der Waals surface area contributed by atoms with E-state index in [0.29, 0.717) is 11.4 Å². The fourth-order valence-corrected chi connectivity index (χ4v) is 6.26. The van der Waals surface area contributed by atoms with Crippen molar-refractivity contribution in [1.29, 1.82) is 0 Å². The van der Waals surface area contributed by atoms with E-state index in [2.05, 4.69) is 0 Å². The van der Waals surface area contributed by atoms with Gasteiger partial charge in [-0.15, -0.1) is 11.3 Å². The van der Waals surface area contributed by atoms with Crippen molar-refractivity contribution < 1.29 is 22.7 Å². The van der Waals surface area contributed by atoms with Crippen LogP contribution in [0.25, 0.3) is 0 Å². The van der Waals surface area contributed by atoms with Crippen LogP contribution in [0.4, 0.5) is 4.39 Å². The van der Waals surface area contributed by atoms with Gasteiger partial charge in [-0.2, -0.15) is 4.31 Å². The molecule has 2 aliphatic rings. The van der Waals surface area contributed by atoms with E-state index in [1.807, 2.05) is 0 Å². The fraction of sp³-hybridized carbons (Fsp3) is 0.615. The Morgan fingerprint density at radius 2 is 2.33 bits per heavy atom. The van der Waals surface area contributed by atoms with Gasteiger partial charge in [-0.1, -0.05) is 0 Å². The summed E-state index contributed by atoms with van der Waals surface area (Å²) in [5, 5.41) is 8.98. The molecule has 1 aliphatic carbocycles. The van der Waals surface area contributed by atoms with Crippen molar-refractivity contribution >= 4 is 27.3 Å². The molecule has 0 unspecified atom stereocenters. The zero-order valence-corrected chi connectivity index (χ0v) is 13.1. The number of fused-ring (bicyclic) bond motifs is 1. The Morgan fingerprint density at radius 1 is 1.62 bits per heavy atom. The molecule has 0 aromatic carbocycles. The molecule has 1 saturated carbocycles. The van der Waals surface area contributed by atoms with Crippen molar-refractivity contribution in [2.45, 2.75) is 24.7 Å². The molecule has 1 saturated heterocycles. The minimum absolute atomic E-state index is 0.00782. The number of alkyl halides is 1. The maximum Gasteiger partial charge on any atom is 0.345 e. The van der Waals surface area contributed by atoms with E-state index in [0.717, 1.165) is 24.2 Å². The highest BCUT2D eigenvalue weighted by molar-refractivity contribution is 7.89. The SMILES string of the molecule is Cc1sc(C(=O)O)cc1S(=O)(=O)N1C[C@@H]2CC[C@]2(CF)C1. The predicted octanol–water partition coefficient (Wildman–Crippen LogP) is 2.12. The van der Waals surface area contributed by atoms with Gasteiger partial charge in [0.1, 0.15) is 4.88 Å². The summed E-state index contributed by atoms with van der Waals surface area (Å²) in [6, 6.07) is 1.21. The van der Waals surface area contributed by atoms with Gasteiger partial charge < -0.3 is 5.11 Å². The van der Waals surface area contributed by atoms with Crippen LogP contribution in [-0.4, -0.2) is 43.6 Å². The zero-order valence-electron chi connectivity index (χ0n) is 11.5. The Labute approximate surface area is 126 Å². The van der Waals surface area contributed by atoms with Crippen molar-refractivity contribution in [2.24, 2.45) is 11.3 Å². The fourth-order valence-electron chi connectivity index (χ4n) is 3.28. The number of halogens is 1. The standard InChI is InChI=1S/C13H16FNO4S2/c1-8-11(4-10(20-8)12(16)17)21(18,19)15-5-9-2-3-13(9,6-14)7-15/h4,9H,2-3,5-7H2,1H3,(H,16,17)/t9-,13-/m0/s1. The van der Waals surface area contributed by atoms with Crippen LogP contribution < -0.4 is 0 Å². The third-order valence-electron chi connectivity index (χ3n) is 4.74. The lowest BCUT2D eigenvalue weighted by atomic mass is 9.63. The Morgan fingerprint density at radius 3 is 2.76 bits per heavy atom. The number of nitrogens with zero attached hydrogens (tertiary/aromatic N) is 1. The molecule has 2 heterocycles. The highest BCUT2D eigenvalue weighted by Gasteiger charge is 2.55. The molecule has 0 bridgehead atoms. The first-order valence-corrected chi connectivity index (χ1v) is 8.96. The normalized spacial score (nSPS) is 29.1.